The van der Waals surface area contributed by atoms with E-state index in [-0.39, 0.29) is 39.2 Å². The van der Waals surface area contributed by atoms with Crippen molar-refractivity contribution in [1.29, 1.82) is 0 Å². The molecule has 3 heterocycles. The molecule has 4 aliphatic carbocycles. The molecule has 348 valence electrons. The summed E-state index contributed by atoms with van der Waals surface area (Å²) in [7, 11) is 0. The SMILES string of the molecule is Cc1ccc(-c2ccccc2)c(N2c3cc(C)cc4c3B(c3cc5c(cc3N4c3ccc4c(c3)C(C)(C)CCC4(C)C)C(C)(C)CCC5(C)C)c3sc4c(c32)C=C2C(C4)C(C)(C)CCC2(C)C)c1. The van der Waals surface area contributed by atoms with E-state index >= 15 is 0 Å². The first kappa shape index (κ1) is 44.4. The molecule has 68 heavy (non-hydrogen) atoms. The topological polar surface area (TPSA) is 6.48 Å². The van der Waals surface area contributed by atoms with E-state index in [4.69, 9.17) is 0 Å². The minimum absolute atomic E-state index is 0.0725. The highest BCUT2D eigenvalue weighted by atomic mass is 32.1. The fourth-order valence-electron chi connectivity index (χ4n) is 14.2. The van der Waals surface area contributed by atoms with Gasteiger partial charge in [0, 0.05) is 43.5 Å². The van der Waals surface area contributed by atoms with Gasteiger partial charge in [-0.2, -0.15) is 11.3 Å². The predicted molar refractivity (Wildman–Crippen MR) is 296 cm³/mol. The minimum Gasteiger partial charge on any atom is -0.311 e. The summed E-state index contributed by atoms with van der Waals surface area (Å²) in [6.45, 7) is 34.8. The third kappa shape index (κ3) is 6.40. The van der Waals surface area contributed by atoms with Gasteiger partial charge in [-0.15, -0.1) is 0 Å². The molecule has 12 rings (SSSR count). The Morgan fingerprint density at radius 3 is 1.79 bits per heavy atom. The lowest BCUT2D eigenvalue weighted by atomic mass is 9.35. The molecule has 0 spiro atoms. The summed E-state index contributed by atoms with van der Waals surface area (Å²) in [4.78, 5) is 7.08. The molecular weight excluding hydrogens is 840 g/mol. The molecule has 6 aliphatic rings. The fourth-order valence-corrected chi connectivity index (χ4v) is 15.6. The van der Waals surface area contributed by atoms with Crippen molar-refractivity contribution in [1.82, 2.24) is 0 Å². The fraction of sp³-hybridized carbons (Fsp3) is 0.438. The van der Waals surface area contributed by atoms with Gasteiger partial charge in [0.25, 0.3) is 6.71 Å². The second kappa shape index (κ2) is 14.4. The molecule has 1 unspecified atom stereocenters. The number of allylic oxidation sites excluding steroid dienone is 1. The van der Waals surface area contributed by atoms with E-state index in [9.17, 15) is 0 Å². The third-order valence-electron chi connectivity index (χ3n) is 18.9. The molecule has 6 aromatic rings. The van der Waals surface area contributed by atoms with Gasteiger partial charge < -0.3 is 9.80 Å². The maximum atomic E-state index is 2.77. The molecule has 0 amide bonds. The van der Waals surface area contributed by atoms with Gasteiger partial charge in [0.15, 0.2) is 0 Å². The van der Waals surface area contributed by atoms with Crippen LogP contribution in [0, 0.1) is 30.6 Å². The largest absolute Gasteiger partial charge is 0.311 e. The van der Waals surface area contributed by atoms with Crippen molar-refractivity contribution in [3.05, 3.63) is 140 Å². The van der Waals surface area contributed by atoms with Gasteiger partial charge >= 0.3 is 0 Å². The highest BCUT2D eigenvalue weighted by Crippen LogP contribution is 2.60. The molecule has 0 bridgehead atoms. The quantitative estimate of drug-likeness (QED) is 0.163. The maximum absolute atomic E-state index is 2.77. The van der Waals surface area contributed by atoms with E-state index < -0.39 is 0 Å². The number of aryl methyl sites for hydroxylation is 2. The first-order valence-corrected chi connectivity index (χ1v) is 26.9. The molecule has 1 atom stereocenters. The normalized spacial score (nSPS) is 22.4. The second-order valence-electron chi connectivity index (χ2n) is 26.3. The maximum Gasteiger partial charge on any atom is 0.264 e. The Labute approximate surface area is 413 Å². The Morgan fingerprint density at radius 2 is 1.12 bits per heavy atom. The zero-order chi connectivity index (χ0) is 47.8. The monoisotopic (exact) mass is 913 g/mol. The number of benzene rings is 5. The summed E-state index contributed by atoms with van der Waals surface area (Å²) >= 11 is 2.15. The van der Waals surface area contributed by atoms with Crippen LogP contribution in [0.25, 0.3) is 17.2 Å². The van der Waals surface area contributed by atoms with Crippen molar-refractivity contribution in [2.45, 2.75) is 164 Å². The summed E-state index contributed by atoms with van der Waals surface area (Å²) in [6.07, 6.45) is 11.1. The average Bonchev–Trinajstić information content (AvgIpc) is 3.66. The van der Waals surface area contributed by atoms with Gasteiger partial charge in [-0.1, -0.05) is 149 Å². The Kier molecular flexibility index (Phi) is 9.41. The summed E-state index contributed by atoms with van der Waals surface area (Å²) in [5.41, 5.74) is 26.1. The predicted octanol–water partition coefficient (Wildman–Crippen LogP) is 16.2. The van der Waals surface area contributed by atoms with E-state index in [1.165, 1.54) is 133 Å². The highest BCUT2D eigenvalue weighted by molar-refractivity contribution is 7.29. The lowest BCUT2D eigenvalue weighted by Gasteiger charge is -2.50. The zero-order valence-corrected chi connectivity index (χ0v) is 44.5. The molecule has 2 nitrogen and oxygen atoms in total. The second-order valence-corrected chi connectivity index (χ2v) is 27.4. The van der Waals surface area contributed by atoms with Crippen molar-refractivity contribution in [2.75, 3.05) is 9.80 Å². The number of fused-ring (bicyclic) bond motifs is 9. The van der Waals surface area contributed by atoms with Crippen LogP contribution in [0.2, 0.25) is 0 Å². The minimum atomic E-state index is 0.0725. The van der Waals surface area contributed by atoms with Gasteiger partial charge in [0.2, 0.25) is 0 Å². The molecule has 1 aromatic heterocycles. The molecule has 1 fully saturated rings. The molecule has 0 saturated heterocycles. The molecule has 0 radical (unpaired) electrons. The number of hydrogen-bond donors (Lipinski definition) is 0. The summed E-state index contributed by atoms with van der Waals surface area (Å²) in [6, 6.07) is 36.5. The highest BCUT2D eigenvalue weighted by Gasteiger charge is 2.52. The third-order valence-corrected chi connectivity index (χ3v) is 20.2. The first-order chi connectivity index (χ1) is 32.0. The number of hydrogen-bond acceptors (Lipinski definition) is 3. The van der Waals surface area contributed by atoms with E-state index in [0.717, 1.165) is 6.42 Å². The van der Waals surface area contributed by atoms with Crippen molar-refractivity contribution in [2.24, 2.45) is 16.7 Å². The van der Waals surface area contributed by atoms with Crippen LogP contribution in [0.3, 0.4) is 0 Å². The van der Waals surface area contributed by atoms with E-state index in [2.05, 4.69) is 215 Å². The van der Waals surface area contributed by atoms with Crippen LogP contribution in [0.15, 0.2) is 96.6 Å². The van der Waals surface area contributed by atoms with Crippen LogP contribution >= 0.6 is 11.3 Å². The Morgan fingerprint density at radius 1 is 0.529 bits per heavy atom. The van der Waals surface area contributed by atoms with E-state index in [0.29, 0.717) is 5.92 Å². The molecular formula is C64H73BN2S. The van der Waals surface area contributed by atoms with Gasteiger partial charge in [-0.25, -0.2) is 0 Å². The van der Waals surface area contributed by atoms with Crippen LogP contribution in [-0.4, -0.2) is 6.71 Å². The van der Waals surface area contributed by atoms with Gasteiger partial charge in [-0.3, -0.25) is 0 Å². The van der Waals surface area contributed by atoms with Crippen LogP contribution in [0.1, 0.15) is 165 Å². The number of nitrogens with zero attached hydrogens (tertiary/aromatic N) is 2. The summed E-state index contributed by atoms with van der Waals surface area (Å²) < 4.78 is 1.52. The number of thiophene rings is 1. The standard InChI is InChI=1S/C64H73BN2S/c1-38-20-22-42(40-18-16-15-17-19-40)51(30-38)67-54-32-39(2)31-53-56(54)65(58-57(67)43-34-46-49(37-55(43)68-58)64(13,14)29-26-61(46,7)8)50-35-47-48(63(11,12)28-27-62(47,9)10)36-52(50)66(53)41-21-23-44-45(33-41)60(5,6)25-24-59(44,3)4/h15-23,30-36,49H,24-29,37H2,1-14H3. The average molecular weight is 913 g/mol. The van der Waals surface area contributed by atoms with Crippen LogP contribution in [0.4, 0.5) is 34.1 Å². The molecule has 0 N–H and O–H groups in total. The van der Waals surface area contributed by atoms with Crippen molar-refractivity contribution >= 4 is 74.0 Å². The Hall–Kier alpha value is -4.80. The lowest BCUT2D eigenvalue weighted by molar-refractivity contribution is 0.124. The Balaban J connectivity index is 1.21. The lowest BCUT2D eigenvalue weighted by Crippen LogP contribution is -2.61. The number of anilines is 6. The van der Waals surface area contributed by atoms with Crippen LogP contribution < -0.4 is 25.5 Å². The van der Waals surface area contributed by atoms with Crippen molar-refractivity contribution in [3.8, 4) is 11.1 Å². The van der Waals surface area contributed by atoms with Gasteiger partial charge in [0.05, 0.1) is 11.4 Å². The van der Waals surface area contributed by atoms with Gasteiger partial charge in [0.1, 0.15) is 0 Å². The molecule has 4 heteroatoms. The van der Waals surface area contributed by atoms with Crippen molar-refractivity contribution < 1.29 is 0 Å². The summed E-state index contributed by atoms with van der Waals surface area (Å²) in [5.74, 6) is 0.536. The first-order valence-electron chi connectivity index (χ1n) is 26.1. The van der Waals surface area contributed by atoms with Crippen LogP contribution in [0.5, 0.6) is 0 Å². The Bertz CT molecular complexity index is 3150. The van der Waals surface area contributed by atoms with Gasteiger partial charge in [-0.05, 0) is 183 Å². The zero-order valence-electron chi connectivity index (χ0n) is 43.6. The van der Waals surface area contributed by atoms with E-state index in [1.807, 2.05) is 0 Å². The van der Waals surface area contributed by atoms with Crippen molar-refractivity contribution in [3.63, 3.8) is 0 Å². The molecule has 5 aromatic carbocycles. The number of rotatable bonds is 3. The molecule has 2 aliphatic heterocycles. The van der Waals surface area contributed by atoms with E-state index in [1.54, 1.807) is 16.0 Å². The van der Waals surface area contributed by atoms with Crippen LogP contribution in [-0.2, 0) is 28.1 Å². The molecule has 1 saturated carbocycles. The summed E-state index contributed by atoms with van der Waals surface area (Å²) in [5, 5.41) is 0. The smallest absolute Gasteiger partial charge is 0.264 e.